The lowest BCUT2D eigenvalue weighted by molar-refractivity contribution is -0.0233. The van der Waals surface area contributed by atoms with Gasteiger partial charge in [-0.15, -0.1) is 0 Å². The average molecular weight is 286 g/mol. The predicted octanol–water partition coefficient (Wildman–Crippen LogP) is 1.34. The van der Waals surface area contributed by atoms with Crippen molar-refractivity contribution < 1.29 is 9.53 Å². The van der Waals surface area contributed by atoms with Gasteiger partial charge in [0.05, 0.1) is 13.2 Å². The molecule has 21 heavy (non-hydrogen) atoms. The Morgan fingerprint density at radius 3 is 2.95 bits per heavy atom. The van der Waals surface area contributed by atoms with Gasteiger partial charge in [-0.25, -0.2) is 4.98 Å². The maximum absolute atomic E-state index is 12.5. The van der Waals surface area contributed by atoms with Crippen molar-refractivity contribution in [1.82, 2.24) is 19.4 Å². The standard InChI is InChI=1S/C15H18N4O2/c1-11-9-12(3-4-16-11)13-10-19(7-8-21-13)15(20)14-17-5-6-18(14)2/h3-6,9,13H,7-8,10H2,1-2H3/t13-/m0/s1. The number of rotatable bonds is 2. The molecule has 1 aliphatic rings. The zero-order valence-electron chi connectivity index (χ0n) is 12.2. The average Bonchev–Trinajstić information content (AvgIpc) is 2.93. The highest BCUT2D eigenvalue weighted by molar-refractivity contribution is 5.90. The quantitative estimate of drug-likeness (QED) is 0.836. The molecule has 2 aromatic heterocycles. The summed E-state index contributed by atoms with van der Waals surface area (Å²) in [5, 5.41) is 0. The van der Waals surface area contributed by atoms with Crippen molar-refractivity contribution in [3.8, 4) is 0 Å². The smallest absolute Gasteiger partial charge is 0.290 e. The molecule has 3 rings (SSSR count). The minimum absolute atomic E-state index is 0.0541. The van der Waals surface area contributed by atoms with Crippen LogP contribution in [0.4, 0.5) is 0 Å². The highest BCUT2D eigenvalue weighted by atomic mass is 16.5. The fraction of sp³-hybridized carbons (Fsp3) is 0.400. The number of ether oxygens (including phenoxy) is 1. The molecule has 110 valence electrons. The highest BCUT2D eigenvalue weighted by Crippen LogP contribution is 2.23. The Kier molecular flexibility index (Phi) is 3.70. The Hall–Kier alpha value is -2.21. The van der Waals surface area contributed by atoms with Crippen LogP contribution in [0.25, 0.3) is 0 Å². The first-order valence-corrected chi connectivity index (χ1v) is 6.96. The molecular weight excluding hydrogens is 268 g/mol. The minimum Gasteiger partial charge on any atom is -0.370 e. The molecule has 0 spiro atoms. The number of hydrogen-bond acceptors (Lipinski definition) is 4. The van der Waals surface area contributed by atoms with Crippen LogP contribution >= 0.6 is 0 Å². The Bertz CT molecular complexity index is 653. The topological polar surface area (TPSA) is 60.2 Å². The number of aromatic nitrogens is 3. The highest BCUT2D eigenvalue weighted by Gasteiger charge is 2.27. The van der Waals surface area contributed by atoms with Gasteiger partial charge in [-0.05, 0) is 24.6 Å². The van der Waals surface area contributed by atoms with Gasteiger partial charge < -0.3 is 14.2 Å². The first kappa shape index (κ1) is 13.8. The largest absolute Gasteiger partial charge is 0.370 e. The number of nitrogens with zero attached hydrogens (tertiary/aromatic N) is 4. The molecule has 0 saturated carbocycles. The summed E-state index contributed by atoms with van der Waals surface area (Å²) in [5.41, 5.74) is 2.00. The second-order valence-electron chi connectivity index (χ2n) is 5.20. The third kappa shape index (κ3) is 2.80. The lowest BCUT2D eigenvalue weighted by Gasteiger charge is -2.33. The van der Waals surface area contributed by atoms with Gasteiger partial charge >= 0.3 is 0 Å². The molecule has 3 heterocycles. The van der Waals surface area contributed by atoms with E-state index in [1.165, 1.54) is 0 Å². The molecule has 0 N–H and O–H groups in total. The molecule has 0 aromatic carbocycles. The van der Waals surface area contributed by atoms with Crippen LogP contribution in [0.5, 0.6) is 0 Å². The fourth-order valence-electron chi connectivity index (χ4n) is 2.52. The van der Waals surface area contributed by atoms with Gasteiger partial charge in [0.15, 0.2) is 5.82 Å². The molecule has 1 fully saturated rings. The summed E-state index contributed by atoms with van der Waals surface area (Å²) in [6.07, 6.45) is 5.08. The van der Waals surface area contributed by atoms with Crippen molar-refractivity contribution >= 4 is 5.91 Å². The van der Waals surface area contributed by atoms with Crippen molar-refractivity contribution in [3.63, 3.8) is 0 Å². The Morgan fingerprint density at radius 1 is 1.38 bits per heavy atom. The zero-order chi connectivity index (χ0) is 14.8. The van der Waals surface area contributed by atoms with Gasteiger partial charge in [0.2, 0.25) is 0 Å². The van der Waals surface area contributed by atoms with Crippen LogP contribution < -0.4 is 0 Å². The van der Waals surface area contributed by atoms with Crippen LogP contribution in [0.15, 0.2) is 30.7 Å². The van der Waals surface area contributed by atoms with E-state index in [2.05, 4.69) is 9.97 Å². The monoisotopic (exact) mass is 286 g/mol. The third-order valence-corrected chi connectivity index (χ3v) is 3.66. The Labute approximate surface area is 123 Å². The van der Waals surface area contributed by atoms with E-state index < -0.39 is 0 Å². The van der Waals surface area contributed by atoms with Crippen molar-refractivity contribution in [2.75, 3.05) is 19.7 Å². The van der Waals surface area contributed by atoms with Gasteiger partial charge in [0.25, 0.3) is 5.91 Å². The number of carbonyl (C=O) groups excluding carboxylic acids is 1. The predicted molar refractivity (Wildman–Crippen MR) is 76.8 cm³/mol. The molecule has 1 atom stereocenters. The molecule has 0 aliphatic carbocycles. The van der Waals surface area contributed by atoms with E-state index in [0.717, 1.165) is 11.3 Å². The molecule has 1 aliphatic heterocycles. The normalized spacial score (nSPS) is 18.8. The van der Waals surface area contributed by atoms with Crippen molar-refractivity contribution in [1.29, 1.82) is 0 Å². The van der Waals surface area contributed by atoms with Crippen LogP contribution in [0, 0.1) is 6.92 Å². The molecule has 0 unspecified atom stereocenters. The van der Waals surface area contributed by atoms with Crippen LogP contribution in [-0.4, -0.2) is 45.0 Å². The maximum atomic E-state index is 12.5. The number of imidazole rings is 1. The Balaban J connectivity index is 1.77. The zero-order valence-corrected chi connectivity index (χ0v) is 12.2. The van der Waals surface area contributed by atoms with E-state index in [1.807, 2.05) is 26.1 Å². The summed E-state index contributed by atoms with van der Waals surface area (Å²) in [7, 11) is 1.82. The third-order valence-electron chi connectivity index (χ3n) is 3.66. The molecular formula is C15H18N4O2. The van der Waals surface area contributed by atoms with E-state index in [-0.39, 0.29) is 12.0 Å². The van der Waals surface area contributed by atoms with E-state index >= 15 is 0 Å². The van der Waals surface area contributed by atoms with Crippen LogP contribution in [0.1, 0.15) is 28.0 Å². The summed E-state index contributed by atoms with van der Waals surface area (Å²) in [4.78, 5) is 22.6. The summed E-state index contributed by atoms with van der Waals surface area (Å²) in [6.45, 7) is 3.60. The van der Waals surface area contributed by atoms with Crippen molar-refractivity contribution in [2.45, 2.75) is 13.0 Å². The second kappa shape index (κ2) is 5.65. The van der Waals surface area contributed by atoms with Crippen LogP contribution in [0.3, 0.4) is 0 Å². The number of morpholine rings is 1. The van der Waals surface area contributed by atoms with Crippen LogP contribution in [0.2, 0.25) is 0 Å². The summed E-state index contributed by atoms with van der Waals surface area (Å²) >= 11 is 0. The SMILES string of the molecule is Cc1cc([C@@H]2CN(C(=O)c3nccn3C)CCO2)ccn1. The molecule has 6 heteroatoms. The number of pyridine rings is 1. The maximum Gasteiger partial charge on any atom is 0.290 e. The molecule has 1 amide bonds. The number of amides is 1. The molecule has 0 bridgehead atoms. The molecule has 1 saturated heterocycles. The lowest BCUT2D eigenvalue weighted by Crippen LogP contribution is -2.43. The van der Waals surface area contributed by atoms with Gasteiger partial charge in [-0.2, -0.15) is 0 Å². The van der Waals surface area contributed by atoms with E-state index in [1.54, 1.807) is 28.1 Å². The molecule has 0 radical (unpaired) electrons. The van der Waals surface area contributed by atoms with Crippen molar-refractivity contribution in [3.05, 3.63) is 47.8 Å². The molecule has 2 aromatic rings. The fourth-order valence-corrected chi connectivity index (χ4v) is 2.52. The lowest BCUT2D eigenvalue weighted by atomic mass is 10.1. The van der Waals surface area contributed by atoms with Gasteiger partial charge in [0, 0.05) is 37.9 Å². The number of carbonyl (C=O) groups is 1. The van der Waals surface area contributed by atoms with E-state index in [9.17, 15) is 4.79 Å². The van der Waals surface area contributed by atoms with E-state index in [0.29, 0.717) is 25.5 Å². The second-order valence-corrected chi connectivity index (χ2v) is 5.20. The summed E-state index contributed by atoms with van der Waals surface area (Å²) in [6, 6.07) is 3.94. The minimum atomic E-state index is -0.107. The van der Waals surface area contributed by atoms with Gasteiger partial charge in [-0.3, -0.25) is 9.78 Å². The van der Waals surface area contributed by atoms with E-state index in [4.69, 9.17) is 4.74 Å². The number of hydrogen-bond donors (Lipinski definition) is 0. The first-order chi connectivity index (χ1) is 10.1. The Morgan fingerprint density at radius 2 is 2.24 bits per heavy atom. The summed E-state index contributed by atoms with van der Waals surface area (Å²) < 4.78 is 7.54. The van der Waals surface area contributed by atoms with Gasteiger partial charge in [-0.1, -0.05) is 0 Å². The number of aryl methyl sites for hydroxylation is 2. The molecule has 6 nitrogen and oxygen atoms in total. The summed E-state index contributed by atoms with van der Waals surface area (Å²) in [5.74, 6) is 0.406. The van der Waals surface area contributed by atoms with Crippen LogP contribution in [-0.2, 0) is 11.8 Å². The first-order valence-electron chi connectivity index (χ1n) is 6.96. The van der Waals surface area contributed by atoms with Crippen molar-refractivity contribution in [2.24, 2.45) is 7.05 Å². The van der Waals surface area contributed by atoms with Gasteiger partial charge in [0.1, 0.15) is 6.10 Å².